The molecule has 1 N–H and O–H groups in total. The predicted molar refractivity (Wildman–Crippen MR) is 89.0 cm³/mol. The highest BCUT2D eigenvalue weighted by atomic mass is 16.5. The molecule has 2 rings (SSSR count). The van der Waals surface area contributed by atoms with E-state index in [1.165, 1.54) is 11.1 Å². The molecule has 2 nitrogen and oxygen atoms in total. The third kappa shape index (κ3) is 4.61. The van der Waals surface area contributed by atoms with Crippen molar-refractivity contribution in [1.29, 1.82) is 0 Å². The lowest BCUT2D eigenvalue weighted by atomic mass is 10.0. The van der Waals surface area contributed by atoms with Gasteiger partial charge in [-0.1, -0.05) is 55.5 Å². The fourth-order valence-electron chi connectivity index (χ4n) is 2.55. The van der Waals surface area contributed by atoms with Crippen LogP contribution in [0.3, 0.4) is 0 Å². The molecule has 0 aliphatic carbocycles. The van der Waals surface area contributed by atoms with Crippen molar-refractivity contribution in [3.8, 4) is 5.75 Å². The van der Waals surface area contributed by atoms with Crippen LogP contribution >= 0.6 is 0 Å². The van der Waals surface area contributed by atoms with Crippen LogP contribution in [0.5, 0.6) is 5.75 Å². The van der Waals surface area contributed by atoms with Crippen molar-refractivity contribution in [2.45, 2.75) is 32.2 Å². The van der Waals surface area contributed by atoms with E-state index in [0.717, 1.165) is 18.7 Å². The predicted octanol–water partition coefficient (Wildman–Crippen LogP) is 4.02. The monoisotopic (exact) mass is 283 g/mol. The standard InChI is InChI=1S/C19H25NO/c1-15(17-9-5-4-6-10-17)14-20-16(2)13-18-11-7-8-12-19(18)21-3/h4-12,15-16,20H,13-14H2,1-3H3. The van der Waals surface area contributed by atoms with E-state index in [1.807, 2.05) is 12.1 Å². The van der Waals surface area contributed by atoms with Crippen LogP contribution in [0.2, 0.25) is 0 Å². The first-order valence-electron chi connectivity index (χ1n) is 7.61. The first-order chi connectivity index (χ1) is 10.2. The molecule has 0 saturated heterocycles. The van der Waals surface area contributed by atoms with Gasteiger partial charge < -0.3 is 10.1 Å². The second-order valence-electron chi connectivity index (χ2n) is 5.64. The fraction of sp³-hybridized carbons (Fsp3) is 0.368. The van der Waals surface area contributed by atoms with Crippen molar-refractivity contribution in [3.63, 3.8) is 0 Å². The second kappa shape index (κ2) is 7.84. The number of rotatable bonds is 7. The molecule has 0 radical (unpaired) electrons. The van der Waals surface area contributed by atoms with E-state index in [2.05, 4.69) is 61.6 Å². The van der Waals surface area contributed by atoms with E-state index in [9.17, 15) is 0 Å². The minimum Gasteiger partial charge on any atom is -0.496 e. The molecular weight excluding hydrogens is 258 g/mol. The van der Waals surface area contributed by atoms with Crippen LogP contribution < -0.4 is 10.1 Å². The zero-order valence-corrected chi connectivity index (χ0v) is 13.2. The molecule has 2 atom stereocenters. The van der Waals surface area contributed by atoms with Crippen LogP contribution in [0, 0.1) is 0 Å². The molecule has 0 aliphatic rings. The lowest BCUT2D eigenvalue weighted by molar-refractivity contribution is 0.405. The van der Waals surface area contributed by atoms with Gasteiger partial charge in [0.1, 0.15) is 5.75 Å². The highest BCUT2D eigenvalue weighted by Crippen LogP contribution is 2.19. The Bertz CT molecular complexity index is 538. The molecule has 2 heteroatoms. The van der Waals surface area contributed by atoms with Crippen molar-refractivity contribution >= 4 is 0 Å². The lowest BCUT2D eigenvalue weighted by Gasteiger charge is -2.19. The Morgan fingerprint density at radius 1 is 0.952 bits per heavy atom. The number of hydrogen-bond donors (Lipinski definition) is 1. The molecule has 2 aromatic rings. The topological polar surface area (TPSA) is 21.3 Å². The molecule has 2 aromatic carbocycles. The molecule has 0 aliphatic heterocycles. The van der Waals surface area contributed by atoms with Crippen molar-refractivity contribution < 1.29 is 4.74 Å². The summed E-state index contributed by atoms with van der Waals surface area (Å²) in [6.45, 7) is 5.47. The Kier molecular flexibility index (Phi) is 5.82. The Balaban J connectivity index is 1.86. The number of nitrogens with one attached hydrogen (secondary N) is 1. The van der Waals surface area contributed by atoms with Crippen LogP contribution in [0.15, 0.2) is 54.6 Å². The van der Waals surface area contributed by atoms with Gasteiger partial charge in [-0.05, 0) is 36.5 Å². The van der Waals surface area contributed by atoms with Gasteiger partial charge in [0, 0.05) is 12.6 Å². The SMILES string of the molecule is COc1ccccc1CC(C)NCC(C)c1ccccc1. The van der Waals surface area contributed by atoms with Crippen LogP contribution in [0.1, 0.15) is 30.9 Å². The van der Waals surface area contributed by atoms with Gasteiger partial charge in [0.05, 0.1) is 7.11 Å². The van der Waals surface area contributed by atoms with E-state index >= 15 is 0 Å². The van der Waals surface area contributed by atoms with E-state index in [4.69, 9.17) is 4.74 Å². The largest absolute Gasteiger partial charge is 0.496 e. The van der Waals surface area contributed by atoms with Gasteiger partial charge in [-0.2, -0.15) is 0 Å². The quantitative estimate of drug-likeness (QED) is 0.828. The smallest absolute Gasteiger partial charge is 0.122 e. The average molecular weight is 283 g/mol. The van der Waals surface area contributed by atoms with Gasteiger partial charge in [-0.15, -0.1) is 0 Å². The molecule has 0 bridgehead atoms. The summed E-state index contributed by atoms with van der Waals surface area (Å²) in [5.41, 5.74) is 2.64. The van der Waals surface area contributed by atoms with Crippen molar-refractivity contribution in [2.75, 3.05) is 13.7 Å². The highest BCUT2D eigenvalue weighted by molar-refractivity contribution is 5.33. The number of hydrogen-bond acceptors (Lipinski definition) is 2. The summed E-state index contributed by atoms with van der Waals surface area (Å²) < 4.78 is 5.41. The molecule has 0 heterocycles. The van der Waals surface area contributed by atoms with Gasteiger partial charge in [0.25, 0.3) is 0 Å². The molecule has 0 saturated carbocycles. The van der Waals surface area contributed by atoms with Gasteiger partial charge >= 0.3 is 0 Å². The molecule has 0 fully saturated rings. The molecule has 112 valence electrons. The Morgan fingerprint density at radius 3 is 2.33 bits per heavy atom. The molecular formula is C19H25NO. The Labute approximate surface area is 128 Å². The zero-order chi connectivity index (χ0) is 15.1. The third-order valence-corrected chi connectivity index (χ3v) is 3.86. The highest BCUT2D eigenvalue weighted by Gasteiger charge is 2.10. The summed E-state index contributed by atoms with van der Waals surface area (Å²) in [5.74, 6) is 1.49. The van der Waals surface area contributed by atoms with Gasteiger partial charge in [0.2, 0.25) is 0 Å². The van der Waals surface area contributed by atoms with Crippen molar-refractivity contribution in [1.82, 2.24) is 5.32 Å². The average Bonchev–Trinajstić information content (AvgIpc) is 2.54. The maximum Gasteiger partial charge on any atom is 0.122 e. The number of para-hydroxylation sites is 1. The minimum atomic E-state index is 0.424. The minimum absolute atomic E-state index is 0.424. The zero-order valence-electron chi connectivity index (χ0n) is 13.2. The van der Waals surface area contributed by atoms with E-state index < -0.39 is 0 Å². The number of ether oxygens (including phenoxy) is 1. The van der Waals surface area contributed by atoms with Crippen LogP contribution in [0.25, 0.3) is 0 Å². The number of methoxy groups -OCH3 is 1. The normalized spacial score (nSPS) is 13.7. The molecule has 0 spiro atoms. The van der Waals surface area contributed by atoms with E-state index in [-0.39, 0.29) is 0 Å². The first-order valence-corrected chi connectivity index (χ1v) is 7.61. The van der Waals surface area contributed by atoms with Gasteiger partial charge in [-0.3, -0.25) is 0 Å². The van der Waals surface area contributed by atoms with Crippen LogP contribution in [-0.4, -0.2) is 19.7 Å². The number of benzene rings is 2. The summed E-state index contributed by atoms with van der Waals surface area (Å²) in [6, 6.07) is 19.3. The molecule has 0 amide bonds. The maximum atomic E-state index is 5.41. The summed E-state index contributed by atoms with van der Waals surface area (Å²) in [7, 11) is 1.73. The third-order valence-electron chi connectivity index (χ3n) is 3.86. The van der Waals surface area contributed by atoms with Crippen LogP contribution in [0.4, 0.5) is 0 Å². The first kappa shape index (κ1) is 15.6. The Morgan fingerprint density at radius 2 is 1.62 bits per heavy atom. The fourth-order valence-corrected chi connectivity index (χ4v) is 2.55. The maximum absolute atomic E-state index is 5.41. The summed E-state index contributed by atoms with van der Waals surface area (Å²) in [4.78, 5) is 0. The molecule has 0 aromatic heterocycles. The Hall–Kier alpha value is -1.80. The summed E-state index contributed by atoms with van der Waals surface area (Å²) in [6.07, 6.45) is 0.978. The van der Waals surface area contributed by atoms with E-state index in [1.54, 1.807) is 7.11 Å². The summed E-state index contributed by atoms with van der Waals surface area (Å²) >= 11 is 0. The van der Waals surface area contributed by atoms with Crippen molar-refractivity contribution in [3.05, 3.63) is 65.7 Å². The molecule has 21 heavy (non-hydrogen) atoms. The van der Waals surface area contributed by atoms with Gasteiger partial charge in [-0.25, -0.2) is 0 Å². The van der Waals surface area contributed by atoms with Crippen molar-refractivity contribution in [2.24, 2.45) is 0 Å². The van der Waals surface area contributed by atoms with Gasteiger partial charge in [0.15, 0.2) is 0 Å². The van der Waals surface area contributed by atoms with E-state index in [0.29, 0.717) is 12.0 Å². The lowest BCUT2D eigenvalue weighted by Crippen LogP contribution is -2.31. The summed E-state index contributed by atoms with van der Waals surface area (Å²) in [5, 5.41) is 3.63. The van der Waals surface area contributed by atoms with Crippen LogP contribution in [-0.2, 0) is 6.42 Å². The molecule has 2 unspecified atom stereocenters. The second-order valence-corrected chi connectivity index (χ2v) is 5.64.